The second-order valence-corrected chi connectivity index (χ2v) is 11.8. The molecule has 2 amide bonds. The van der Waals surface area contributed by atoms with Crippen LogP contribution in [0.4, 0.5) is 5.69 Å². The summed E-state index contributed by atoms with van der Waals surface area (Å²) in [5, 5.41) is 6.53. The molecule has 0 spiro atoms. The van der Waals surface area contributed by atoms with Gasteiger partial charge >= 0.3 is 0 Å². The maximum atomic E-state index is 13.6. The number of benzene rings is 2. The fraction of sp³-hybridized carbons (Fsp3) is 0.484. The third kappa shape index (κ3) is 3.64. The minimum absolute atomic E-state index is 0.0381. The van der Waals surface area contributed by atoms with Crippen LogP contribution in [0.15, 0.2) is 66.7 Å². The molecule has 0 saturated heterocycles. The third-order valence-electron chi connectivity index (χ3n) is 10.2. The van der Waals surface area contributed by atoms with E-state index in [1.54, 1.807) is 6.08 Å². The molecule has 2 N–H and O–H groups in total. The van der Waals surface area contributed by atoms with Crippen LogP contribution in [0.1, 0.15) is 52.4 Å². The van der Waals surface area contributed by atoms with E-state index in [0.29, 0.717) is 17.8 Å². The number of anilines is 1. The average Bonchev–Trinajstić information content (AvgIpc) is 3.22. The number of hydrogen-bond donors (Lipinski definition) is 2. The SMILES string of the molecule is C[C@]12C=CC(=O)N[C@@H]1CC[C@@H]1[C@@H]2CC[C@]2(C)[C@@H](C(=O)Nc3cccc(-c4ccccc4)c3)CC[C@@H]12. The van der Waals surface area contributed by atoms with Crippen molar-refractivity contribution in [2.24, 2.45) is 34.5 Å². The van der Waals surface area contributed by atoms with E-state index in [9.17, 15) is 9.59 Å². The van der Waals surface area contributed by atoms with Crippen molar-refractivity contribution >= 4 is 17.5 Å². The standard InChI is InChI=1S/C31H36N2O2/c1-30-17-15-25-23(11-14-27-31(25,2)18-16-28(34)33-27)24(30)12-13-26(30)29(35)32-22-10-6-9-21(19-22)20-7-4-3-5-8-20/h3-10,16,18-19,23-27H,11-15,17H2,1-2H3,(H,32,35)(H,33,34)/t23-,24-,25-,26+,27+,30-,31+/m0/s1. The van der Waals surface area contributed by atoms with Crippen molar-refractivity contribution in [3.63, 3.8) is 0 Å². The molecule has 4 aliphatic rings. The first-order valence-corrected chi connectivity index (χ1v) is 13.3. The zero-order valence-corrected chi connectivity index (χ0v) is 20.8. The van der Waals surface area contributed by atoms with Crippen LogP contribution in [-0.4, -0.2) is 17.9 Å². The lowest BCUT2D eigenvalue weighted by molar-refractivity contribution is -0.129. The highest BCUT2D eigenvalue weighted by atomic mass is 16.2. The number of nitrogens with one attached hydrogen (secondary N) is 2. The molecule has 3 aliphatic carbocycles. The molecule has 35 heavy (non-hydrogen) atoms. The van der Waals surface area contributed by atoms with Gasteiger partial charge in [-0.1, -0.05) is 62.4 Å². The van der Waals surface area contributed by atoms with Crippen LogP contribution in [0.25, 0.3) is 11.1 Å². The third-order valence-corrected chi connectivity index (χ3v) is 10.2. The van der Waals surface area contributed by atoms with Crippen LogP contribution in [0, 0.1) is 34.5 Å². The maximum absolute atomic E-state index is 13.6. The monoisotopic (exact) mass is 468 g/mol. The fourth-order valence-corrected chi connectivity index (χ4v) is 8.40. The summed E-state index contributed by atoms with van der Waals surface area (Å²) in [6.07, 6.45) is 10.5. The van der Waals surface area contributed by atoms with Crippen molar-refractivity contribution in [1.82, 2.24) is 5.32 Å². The Labute approximate surface area is 208 Å². The summed E-state index contributed by atoms with van der Waals surface area (Å²) in [5.41, 5.74) is 3.25. The Morgan fingerprint density at radius 3 is 2.54 bits per heavy atom. The lowest BCUT2D eigenvalue weighted by Crippen LogP contribution is -2.59. The molecule has 3 saturated carbocycles. The first-order valence-electron chi connectivity index (χ1n) is 13.3. The summed E-state index contributed by atoms with van der Waals surface area (Å²) >= 11 is 0. The maximum Gasteiger partial charge on any atom is 0.243 e. The fourth-order valence-electron chi connectivity index (χ4n) is 8.40. The molecular weight excluding hydrogens is 432 g/mol. The lowest BCUT2D eigenvalue weighted by atomic mass is 9.48. The molecule has 4 nitrogen and oxygen atoms in total. The summed E-state index contributed by atoms with van der Waals surface area (Å²) in [4.78, 5) is 25.6. The molecule has 0 unspecified atom stereocenters. The van der Waals surface area contributed by atoms with Crippen LogP contribution in [0.3, 0.4) is 0 Å². The Balaban J connectivity index is 1.20. The number of carbonyl (C=O) groups excluding carboxylic acids is 2. The van der Waals surface area contributed by atoms with Crippen LogP contribution in [0.5, 0.6) is 0 Å². The van der Waals surface area contributed by atoms with Gasteiger partial charge < -0.3 is 10.6 Å². The molecule has 0 radical (unpaired) electrons. The van der Waals surface area contributed by atoms with Crippen molar-refractivity contribution in [3.05, 3.63) is 66.7 Å². The van der Waals surface area contributed by atoms with Crippen molar-refractivity contribution in [1.29, 1.82) is 0 Å². The van der Waals surface area contributed by atoms with E-state index in [1.165, 1.54) is 0 Å². The predicted octanol–water partition coefficient (Wildman–Crippen LogP) is 6.21. The average molecular weight is 469 g/mol. The van der Waals surface area contributed by atoms with E-state index < -0.39 is 0 Å². The van der Waals surface area contributed by atoms with Crippen LogP contribution in [-0.2, 0) is 9.59 Å². The summed E-state index contributed by atoms with van der Waals surface area (Å²) < 4.78 is 0. The smallest absolute Gasteiger partial charge is 0.243 e. The Hall–Kier alpha value is -2.88. The summed E-state index contributed by atoms with van der Waals surface area (Å²) in [6, 6.07) is 18.8. The van der Waals surface area contributed by atoms with Gasteiger partial charge in [0.1, 0.15) is 0 Å². The second kappa shape index (κ2) is 8.36. The van der Waals surface area contributed by atoms with Crippen molar-refractivity contribution in [2.45, 2.75) is 58.4 Å². The van der Waals surface area contributed by atoms with Crippen molar-refractivity contribution < 1.29 is 9.59 Å². The molecule has 182 valence electrons. The largest absolute Gasteiger partial charge is 0.349 e. The van der Waals surface area contributed by atoms with Gasteiger partial charge in [-0.05, 0) is 91.0 Å². The van der Waals surface area contributed by atoms with Gasteiger partial charge in [-0.25, -0.2) is 0 Å². The van der Waals surface area contributed by atoms with Gasteiger partial charge in [-0.2, -0.15) is 0 Å². The van der Waals surface area contributed by atoms with Crippen molar-refractivity contribution in [3.8, 4) is 11.1 Å². The molecule has 4 heteroatoms. The topological polar surface area (TPSA) is 58.2 Å². The van der Waals surface area contributed by atoms with Gasteiger partial charge in [0.25, 0.3) is 0 Å². The van der Waals surface area contributed by atoms with Crippen LogP contribution in [0.2, 0.25) is 0 Å². The Bertz CT molecular complexity index is 1170. The molecule has 6 rings (SSSR count). The molecule has 2 aromatic rings. The molecule has 1 heterocycles. The first-order chi connectivity index (χ1) is 16.9. The van der Waals surface area contributed by atoms with E-state index in [0.717, 1.165) is 55.3 Å². The predicted molar refractivity (Wildman–Crippen MR) is 139 cm³/mol. The molecule has 7 atom stereocenters. The zero-order chi connectivity index (χ0) is 24.2. The van der Waals surface area contributed by atoms with E-state index in [2.05, 4.69) is 54.8 Å². The second-order valence-electron chi connectivity index (χ2n) is 11.8. The molecule has 0 aromatic heterocycles. The van der Waals surface area contributed by atoms with Crippen LogP contribution < -0.4 is 10.6 Å². The number of carbonyl (C=O) groups is 2. The van der Waals surface area contributed by atoms with Gasteiger partial charge in [0.2, 0.25) is 11.8 Å². The highest BCUT2D eigenvalue weighted by Crippen LogP contribution is 2.65. The molecule has 0 bridgehead atoms. The highest BCUT2D eigenvalue weighted by Gasteiger charge is 2.60. The first kappa shape index (κ1) is 22.6. The van der Waals surface area contributed by atoms with E-state index in [1.807, 2.05) is 30.3 Å². The number of fused-ring (bicyclic) bond motifs is 5. The summed E-state index contributed by atoms with van der Waals surface area (Å²) in [7, 11) is 0. The highest BCUT2D eigenvalue weighted by molar-refractivity contribution is 5.94. The van der Waals surface area contributed by atoms with Gasteiger partial charge in [-0.15, -0.1) is 0 Å². The molecular formula is C31H36N2O2. The lowest BCUT2D eigenvalue weighted by Gasteiger charge is -2.58. The van der Waals surface area contributed by atoms with Gasteiger partial charge in [0.05, 0.1) is 0 Å². The van der Waals surface area contributed by atoms with E-state index in [4.69, 9.17) is 0 Å². The van der Waals surface area contributed by atoms with Crippen LogP contribution >= 0.6 is 0 Å². The van der Waals surface area contributed by atoms with E-state index >= 15 is 0 Å². The minimum atomic E-state index is 0.0381. The van der Waals surface area contributed by atoms with Gasteiger partial charge in [-0.3, -0.25) is 9.59 Å². The van der Waals surface area contributed by atoms with E-state index in [-0.39, 0.29) is 34.6 Å². The number of rotatable bonds is 3. The Kier molecular flexibility index (Phi) is 5.39. The minimum Gasteiger partial charge on any atom is -0.349 e. The zero-order valence-electron chi connectivity index (χ0n) is 20.8. The van der Waals surface area contributed by atoms with Crippen molar-refractivity contribution in [2.75, 3.05) is 5.32 Å². The summed E-state index contributed by atoms with van der Waals surface area (Å²) in [5.74, 6) is 2.09. The normalized spacial score (nSPS) is 37.5. The number of hydrogen-bond acceptors (Lipinski definition) is 2. The quantitative estimate of drug-likeness (QED) is 0.563. The molecule has 3 fully saturated rings. The molecule has 1 aliphatic heterocycles. The summed E-state index contributed by atoms with van der Waals surface area (Å²) in [6.45, 7) is 4.74. The number of amides is 2. The Morgan fingerprint density at radius 1 is 0.914 bits per heavy atom. The van der Waals surface area contributed by atoms with Gasteiger partial charge in [0.15, 0.2) is 0 Å². The molecule has 2 aromatic carbocycles. The Morgan fingerprint density at radius 2 is 1.71 bits per heavy atom. The van der Waals surface area contributed by atoms with Gasteiger partial charge in [0, 0.05) is 23.1 Å².